The van der Waals surface area contributed by atoms with Gasteiger partial charge in [-0.25, -0.2) is 8.78 Å². The average molecular weight is 434 g/mol. The highest BCUT2D eigenvalue weighted by Gasteiger charge is 2.25. The van der Waals surface area contributed by atoms with Gasteiger partial charge in [0.1, 0.15) is 28.9 Å². The smallest absolute Gasteiger partial charge is 0.274 e. The van der Waals surface area contributed by atoms with Gasteiger partial charge in [-0.05, 0) is 30.3 Å². The van der Waals surface area contributed by atoms with Crippen LogP contribution in [0.2, 0.25) is 0 Å². The first-order valence-electron chi connectivity index (χ1n) is 9.48. The summed E-state index contributed by atoms with van der Waals surface area (Å²) in [5, 5.41) is 0.308. The molecule has 0 N–H and O–H groups in total. The minimum absolute atomic E-state index is 0.0411. The highest BCUT2D eigenvalue weighted by molar-refractivity contribution is 7.20. The maximum atomic E-state index is 13.8. The minimum atomic E-state index is -0.701. The Hall–Kier alpha value is -2.94. The molecule has 6 nitrogen and oxygen atoms in total. The van der Waals surface area contributed by atoms with Crippen molar-refractivity contribution in [2.45, 2.75) is 18.9 Å². The van der Waals surface area contributed by atoms with Gasteiger partial charge in [0.2, 0.25) is 0 Å². The van der Waals surface area contributed by atoms with Crippen molar-refractivity contribution in [1.82, 2.24) is 9.88 Å². The van der Waals surface area contributed by atoms with Crippen molar-refractivity contribution < 1.29 is 27.8 Å². The van der Waals surface area contributed by atoms with E-state index in [1.807, 2.05) is 0 Å². The Bertz CT molecular complexity index is 1030. The van der Waals surface area contributed by atoms with Crippen molar-refractivity contribution in [1.29, 1.82) is 0 Å². The van der Waals surface area contributed by atoms with Crippen molar-refractivity contribution in [3.05, 3.63) is 48.0 Å². The molecule has 3 aromatic rings. The molecular weight excluding hydrogens is 414 g/mol. The van der Waals surface area contributed by atoms with E-state index in [-0.39, 0.29) is 24.1 Å². The van der Waals surface area contributed by atoms with Crippen LogP contribution in [0.4, 0.5) is 8.78 Å². The van der Waals surface area contributed by atoms with Gasteiger partial charge in [-0.1, -0.05) is 11.3 Å². The molecule has 2 heterocycles. The zero-order valence-corrected chi connectivity index (χ0v) is 17.1. The van der Waals surface area contributed by atoms with Crippen molar-refractivity contribution >= 4 is 27.5 Å². The van der Waals surface area contributed by atoms with Gasteiger partial charge in [0.15, 0.2) is 12.4 Å². The number of thiazole rings is 1. The van der Waals surface area contributed by atoms with Crippen LogP contribution >= 0.6 is 11.3 Å². The third-order valence-electron chi connectivity index (χ3n) is 4.88. The van der Waals surface area contributed by atoms with E-state index in [0.29, 0.717) is 41.6 Å². The fourth-order valence-corrected chi connectivity index (χ4v) is 4.18. The summed E-state index contributed by atoms with van der Waals surface area (Å²) in [6.45, 7) is 1.02. The molecular formula is C21H20F2N2O4S. The van der Waals surface area contributed by atoms with Crippen LogP contribution in [-0.2, 0) is 4.79 Å². The number of aromatic nitrogens is 1. The molecule has 1 amide bonds. The molecule has 0 spiro atoms. The predicted octanol–water partition coefficient (Wildman–Crippen LogP) is 4.03. The molecule has 9 heteroatoms. The highest BCUT2D eigenvalue weighted by atomic mass is 32.1. The first kappa shape index (κ1) is 20.3. The first-order valence-corrected chi connectivity index (χ1v) is 10.3. The quantitative estimate of drug-likeness (QED) is 0.586. The minimum Gasteiger partial charge on any atom is -0.497 e. The fourth-order valence-electron chi connectivity index (χ4n) is 3.26. The maximum Gasteiger partial charge on any atom is 0.274 e. The van der Waals surface area contributed by atoms with Crippen LogP contribution in [0.1, 0.15) is 12.8 Å². The molecule has 30 heavy (non-hydrogen) atoms. The Balaban J connectivity index is 1.27. The lowest BCUT2D eigenvalue weighted by atomic mass is 10.1. The predicted molar refractivity (Wildman–Crippen MR) is 108 cm³/mol. The largest absolute Gasteiger partial charge is 0.497 e. The second-order valence-electron chi connectivity index (χ2n) is 6.88. The zero-order chi connectivity index (χ0) is 21.1. The lowest BCUT2D eigenvalue weighted by Crippen LogP contribution is -2.43. The molecule has 1 fully saturated rings. The molecule has 2 aromatic carbocycles. The van der Waals surface area contributed by atoms with Gasteiger partial charge in [-0.3, -0.25) is 4.79 Å². The summed E-state index contributed by atoms with van der Waals surface area (Å²) in [4.78, 5) is 18.2. The number of carbonyl (C=O) groups excluding carboxylic acids is 1. The first-order chi connectivity index (χ1) is 14.5. The Kier molecular flexibility index (Phi) is 5.98. The molecule has 0 aliphatic carbocycles. The number of benzene rings is 2. The molecule has 0 bridgehead atoms. The standard InChI is InChI=1S/C21H20F2N2O4S/c1-27-14-2-4-15(5-3-14)28-12-19(26)25-8-6-16(7-9-25)29-21-24-20-17(23)10-13(22)11-18(20)30-21/h2-5,10-11,16H,6-9,12H2,1H3. The molecule has 0 atom stereocenters. The molecule has 1 aromatic heterocycles. The second-order valence-corrected chi connectivity index (χ2v) is 7.87. The third-order valence-corrected chi connectivity index (χ3v) is 5.77. The van der Waals surface area contributed by atoms with E-state index < -0.39 is 11.6 Å². The third kappa shape index (κ3) is 4.62. The van der Waals surface area contributed by atoms with Gasteiger partial charge in [-0.15, -0.1) is 0 Å². The van der Waals surface area contributed by atoms with E-state index >= 15 is 0 Å². The van der Waals surface area contributed by atoms with E-state index in [1.165, 1.54) is 6.07 Å². The topological polar surface area (TPSA) is 60.9 Å². The van der Waals surface area contributed by atoms with E-state index in [2.05, 4.69) is 4.98 Å². The van der Waals surface area contributed by atoms with Crippen LogP contribution in [0, 0.1) is 11.6 Å². The number of hydrogen-bond donors (Lipinski definition) is 0. The van der Waals surface area contributed by atoms with Crippen molar-refractivity contribution in [2.75, 3.05) is 26.8 Å². The van der Waals surface area contributed by atoms with Gasteiger partial charge < -0.3 is 19.1 Å². The average Bonchev–Trinajstić information content (AvgIpc) is 3.15. The van der Waals surface area contributed by atoms with Crippen molar-refractivity contribution in [3.8, 4) is 16.7 Å². The maximum absolute atomic E-state index is 13.8. The summed E-state index contributed by atoms with van der Waals surface area (Å²) in [6.07, 6.45) is 1.12. The van der Waals surface area contributed by atoms with Crippen molar-refractivity contribution in [2.24, 2.45) is 0 Å². The Morgan fingerprint density at radius 3 is 2.57 bits per heavy atom. The number of fused-ring (bicyclic) bond motifs is 1. The molecule has 1 aliphatic rings. The van der Waals surface area contributed by atoms with E-state index in [0.717, 1.165) is 23.2 Å². The number of ether oxygens (including phenoxy) is 3. The molecule has 0 saturated carbocycles. The summed E-state index contributed by atoms with van der Waals surface area (Å²) in [6, 6.07) is 9.09. The highest BCUT2D eigenvalue weighted by Crippen LogP contribution is 2.32. The zero-order valence-electron chi connectivity index (χ0n) is 16.3. The van der Waals surface area contributed by atoms with Gasteiger partial charge in [0.25, 0.3) is 11.1 Å². The number of halogens is 2. The summed E-state index contributed by atoms with van der Waals surface area (Å²) in [5.74, 6) is -0.118. The van der Waals surface area contributed by atoms with Crippen LogP contribution < -0.4 is 14.2 Å². The van der Waals surface area contributed by atoms with Crippen LogP contribution in [0.3, 0.4) is 0 Å². The van der Waals surface area contributed by atoms with Crippen LogP contribution in [0.15, 0.2) is 36.4 Å². The lowest BCUT2D eigenvalue weighted by molar-refractivity contribution is -0.135. The molecule has 0 radical (unpaired) electrons. The number of hydrogen-bond acceptors (Lipinski definition) is 6. The number of carbonyl (C=O) groups is 1. The number of piperidine rings is 1. The summed E-state index contributed by atoms with van der Waals surface area (Å²) in [7, 11) is 1.58. The van der Waals surface area contributed by atoms with Crippen LogP contribution in [-0.4, -0.2) is 48.7 Å². The van der Waals surface area contributed by atoms with Crippen LogP contribution in [0.25, 0.3) is 10.2 Å². The summed E-state index contributed by atoms with van der Waals surface area (Å²) >= 11 is 1.11. The Morgan fingerprint density at radius 2 is 1.87 bits per heavy atom. The second kappa shape index (κ2) is 8.83. The number of likely N-dealkylation sites (tertiary alicyclic amines) is 1. The van der Waals surface area contributed by atoms with E-state index in [1.54, 1.807) is 36.3 Å². The Labute approximate surface area is 176 Å². The van der Waals surface area contributed by atoms with Crippen molar-refractivity contribution in [3.63, 3.8) is 0 Å². The van der Waals surface area contributed by atoms with Gasteiger partial charge >= 0.3 is 0 Å². The summed E-state index contributed by atoms with van der Waals surface area (Å²) < 4.78 is 44.0. The lowest BCUT2D eigenvalue weighted by Gasteiger charge is -2.31. The molecule has 1 saturated heterocycles. The van der Waals surface area contributed by atoms with E-state index in [9.17, 15) is 13.6 Å². The number of amides is 1. The fraction of sp³-hybridized carbons (Fsp3) is 0.333. The monoisotopic (exact) mass is 434 g/mol. The van der Waals surface area contributed by atoms with E-state index in [4.69, 9.17) is 14.2 Å². The molecule has 158 valence electrons. The summed E-state index contributed by atoms with van der Waals surface area (Å²) in [5.41, 5.74) is 0.111. The molecule has 1 aliphatic heterocycles. The van der Waals surface area contributed by atoms with Gasteiger partial charge in [0.05, 0.1) is 11.8 Å². The van der Waals surface area contributed by atoms with Gasteiger partial charge in [-0.2, -0.15) is 4.98 Å². The number of rotatable bonds is 6. The number of nitrogens with zero attached hydrogens (tertiary/aromatic N) is 2. The van der Waals surface area contributed by atoms with Gasteiger partial charge in [0, 0.05) is 32.0 Å². The van der Waals surface area contributed by atoms with Crippen LogP contribution in [0.5, 0.6) is 16.7 Å². The Morgan fingerprint density at radius 1 is 1.17 bits per heavy atom. The normalized spacial score (nSPS) is 14.7. The molecule has 0 unspecified atom stereocenters. The number of methoxy groups -OCH3 is 1. The molecule has 4 rings (SSSR count). The SMILES string of the molecule is COc1ccc(OCC(=O)N2CCC(Oc3nc4c(F)cc(F)cc4s3)CC2)cc1.